The summed E-state index contributed by atoms with van der Waals surface area (Å²) in [6, 6.07) is 30.5. The summed E-state index contributed by atoms with van der Waals surface area (Å²) in [7, 11) is 0. The monoisotopic (exact) mass is 463 g/mol. The number of nitrogens with zero attached hydrogens (tertiary/aromatic N) is 2. The maximum absolute atomic E-state index is 13.5. The van der Waals surface area contributed by atoms with Crippen molar-refractivity contribution in [2.24, 2.45) is 0 Å². The molecular weight excluding hydrogens is 438 g/mol. The molecule has 0 saturated carbocycles. The molecule has 3 aromatic carbocycles. The van der Waals surface area contributed by atoms with Crippen molar-refractivity contribution in [2.75, 3.05) is 4.90 Å². The third-order valence-corrected chi connectivity index (χ3v) is 5.98. The van der Waals surface area contributed by atoms with Crippen LogP contribution in [0.15, 0.2) is 103 Å². The summed E-state index contributed by atoms with van der Waals surface area (Å²) in [5, 5.41) is 2.77. The van der Waals surface area contributed by atoms with E-state index in [0.29, 0.717) is 18.8 Å². The minimum atomic E-state index is -0.748. The highest BCUT2D eigenvalue weighted by atomic mass is 16.5. The van der Waals surface area contributed by atoms with E-state index in [-0.39, 0.29) is 12.5 Å². The van der Waals surface area contributed by atoms with Crippen molar-refractivity contribution in [3.63, 3.8) is 0 Å². The lowest BCUT2D eigenvalue weighted by atomic mass is 9.96. The van der Waals surface area contributed by atoms with E-state index in [1.165, 1.54) is 0 Å². The number of amides is 2. The Morgan fingerprint density at radius 3 is 2.20 bits per heavy atom. The Kier molecular flexibility index (Phi) is 6.52. The van der Waals surface area contributed by atoms with Gasteiger partial charge in [-0.3, -0.25) is 9.69 Å². The van der Waals surface area contributed by atoms with Gasteiger partial charge >= 0.3 is 6.09 Å². The van der Waals surface area contributed by atoms with Crippen LogP contribution in [0.25, 0.3) is 11.1 Å². The van der Waals surface area contributed by atoms with Gasteiger partial charge in [0.1, 0.15) is 18.5 Å². The number of hydrogen-bond donors (Lipinski definition) is 1. The second-order valence-corrected chi connectivity index (χ2v) is 8.45. The molecule has 0 spiro atoms. The van der Waals surface area contributed by atoms with Gasteiger partial charge in [0, 0.05) is 18.2 Å². The molecule has 0 bridgehead atoms. The number of rotatable bonds is 6. The summed E-state index contributed by atoms with van der Waals surface area (Å²) in [4.78, 5) is 32.4. The molecule has 1 aliphatic heterocycles. The highest BCUT2D eigenvalue weighted by Gasteiger charge is 2.35. The van der Waals surface area contributed by atoms with E-state index < -0.39 is 12.1 Å². The Labute approximate surface area is 204 Å². The molecule has 0 radical (unpaired) electrons. The van der Waals surface area contributed by atoms with Gasteiger partial charge in [0.05, 0.1) is 6.54 Å². The number of fused-ring (bicyclic) bond motifs is 1. The molecule has 1 aliphatic rings. The van der Waals surface area contributed by atoms with Crippen LogP contribution in [0.4, 0.5) is 10.6 Å². The first kappa shape index (κ1) is 22.3. The molecular formula is C29H25N3O3. The second-order valence-electron chi connectivity index (χ2n) is 8.45. The van der Waals surface area contributed by atoms with Crippen molar-refractivity contribution < 1.29 is 14.3 Å². The molecule has 174 valence electrons. The van der Waals surface area contributed by atoms with Crippen molar-refractivity contribution >= 4 is 17.8 Å². The highest BCUT2D eigenvalue weighted by Crippen LogP contribution is 2.31. The van der Waals surface area contributed by atoms with Crippen molar-refractivity contribution in [3.05, 3.63) is 120 Å². The fraction of sp³-hybridized carbons (Fsp3) is 0.138. The number of hydrogen-bond acceptors (Lipinski definition) is 4. The Bertz CT molecular complexity index is 1310. The number of nitrogens with one attached hydrogen (secondary N) is 1. The van der Waals surface area contributed by atoms with E-state index in [9.17, 15) is 9.59 Å². The van der Waals surface area contributed by atoms with Gasteiger partial charge in [-0.25, -0.2) is 9.78 Å². The molecule has 6 nitrogen and oxygen atoms in total. The minimum Gasteiger partial charge on any atom is -0.445 e. The summed E-state index contributed by atoms with van der Waals surface area (Å²) in [6.07, 6.45) is 1.51. The lowest BCUT2D eigenvalue weighted by Crippen LogP contribution is -2.53. The van der Waals surface area contributed by atoms with Gasteiger partial charge in [0.2, 0.25) is 0 Å². The van der Waals surface area contributed by atoms with E-state index in [1.807, 2.05) is 97.1 Å². The van der Waals surface area contributed by atoms with E-state index in [4.69, 9.17) is 4.74 Å². The molecule has 35 heavy (non-hydrogen) atoms. The van der Waals surface area contributed by atoms with Crippen LogP contribution in [0.3, 0.4) is 0 Å². The van der Waals surface area contributed by atoms with E-state index >= 15 is 0 Å². The first-order chi connectivity index (χ1) is 17.2. The topological polar surface area (TPSA) is 71.5 Å². The summed E-state index contributed by atoms with van der Waals surface area (Å²) in [6.45, 7) is 0.499. The molecule has 1 N–H and O–H groups in total. The van der Waals surface area contributed by atoms with Gasteiger partial charge in [0.25, 0.3) is 5.91 Å². The average molecular weight is 464 g/mol. The number of pyridine rings is 1. The molecule has 2 amide bonds. The van der Waals surface area contributed by atoms with E-state index in [2.05, 4.69) is 10.3 Å². The summed E-state index contributed by atoms with van der Waals surface area (Å²) in [5.41, 5.74) is 4.76. The molecule has 5 rings (SSSR count). The van der Waals surface area contributed by atoms with Crippen LogP contribution in [-0.4, -0.2) is 23.0 Å². The molecule has 0 fully saturated rings. The first-order valence-corrected chi connectivity index (χ1v) is 11.5. The van der Waals surface area contributed by atoms with Crippen molar-refractivity contribution in [2.45, 2.75) is 25.6 Å². The van der Waals surface area contributed by atoms with Crippen molar-refractivity contribution in [3.8, 4) is 11.1 Å². The Morgan fingerprint density at radius 2 is 1.51 bits per heavy atom. The second kappa shape index (κ2) is 10.2. The minimum absolute atomic E-state index is 0.137. The van der Waals surface area contributed by atoms with Crippen LogP contribution in [0.2, 0.25) is 0 Å². The molecule has 1 atom stereocenters. The van der Waals surface area contributed by atoms with Gasteiger partial charge in [-0.05, 0) is 28.3 Å². The normalized spacial score (nSPS) is 14.8. The summed E-state index contributed by atoms with van der Waals surface area (Å²) >= 11 is 0. The van der Waals surface area contributed by atoms with Crippen molar-refractivity contribution in [1.82, 2.24) is 10.3 Å². The number of carbonyl (C=O) groups excluding carboxylic acids is 2. The summed E-state index contributed by atoms with van der Waals surface area (Å²) < 4.78 is 5.38. The van der Waals surface area contributed by atoms with Gasteiger partial charge in [0.15, 0.2) is 0 Å². The number of aromatic nitrogens is 1. The number of ether oxygens (including phenoxy) is 1. The van der Waals surface area contributed by atoms with Crippen LogP contribution in [-0.2, 0) is 29.1 Å². The zero-order valence-corrected chi connectivity index (χ0v) is 19.1. The van der Waals surface area contributed by atoms with Crippen LogP contribution in [0.5, 0.6) is 0 Å². The SMILES string of the molecule is O=C(NC1Cc2cc(-c3ccccc3)cnc2N(Cc2ccccc2)C1=O)OCc1ccccc1. The molecule has 4 aromatic rings. The van der Waals surface area contributed by atoms with Gasteiger partial charge in [-0.1, -0.05) is 91.0 Å². The predicted octanol–water partition coefficient (Wildman–Crippen LogP) is 5.13. The fourth-order valence-electron chi connectivity index (χ4n) is 4.22. The zero-order valence-electron chi connectivity index (χ0n) is 19.1. The van der Waals surface area contributed by atoms with Gasteiger partial charge in [-0.15, -0.1) is 0 Å². The maximum Gasteiger partial charge on any atom is 0.408 e. The van der Waals surface area contributed by atoms with Crippen LogP contribution >= 0.6 is 0 Å². The maximum atomic E-state index is 13.5. The third-order valence-electron chi connectivity index (χ3n) is 5.98. The first-order valence-electron chi connectivity index (χ1n) is 11.5. The van der Waals surface area contributed by atoms with E-state index in [0.717, 1.165) is 27.8 Å². The highest BCUT2D eigenvalue weighted by molar-refractivity contribution is 6.01. The smallest absolute Gasteiger partial charge is 0.408 e. The average Bonchev–Trinajstić information content (AvgIpc) is 2.91. The largest absolute Gasteiger partial charge is 0.445 e. The van der Waals surface area contributed by atoms with E-state index in [1.54, 1.807) is 11.1 Å². The van der Waals surface area contributed by atoms with Crippen LogP contribution in [0, 0.1) is 0 Å². The Balaban J connectivity index is 1.40. The number of carbonyl (C=O) groups is 2. The van der Waals surface area contributed by atoms with Crippen LogP contribution in [0.1, 0.15) is 16.7 Å². The number of anilines is 1. The quantitative estimate of drug-likeness (QED) is 0.430. The molecule has 0 saturated heterocycles. The van der Waals surface area contributed by atoms with Crippen molar-refractivity contribution in [1.29, 1.82) is 0 Å². The lowest BCUT2D eigenvalue weighted by molar-refractivity contribution is -0.121. The molecule has 0 aliphatic carbocycles. The third kappa shape index (κ3) is 5.22. The van der Waals surface area contributed by atoms with Gasteiger partial charge in [-0.2, -0.15) is 0 Å². The fourth-order valence-corrected chi connectivity index (χ4v) is 4.22. The standard InChI is InChI=1S/C29H25N3O3/c33-28-26(31-29(34)35-20-22-12-6-2-7-13-22)17-24-16-25(23-14-8-3-9-15-23)18-30-27(24)32(28)19-21-10-4-1-5-11-21/h1-16,18,26H,17,19-20H2,(H,31,34). The predicted molar refractivity (Wildman–Crippen MR) is 135 cm³/mol. The Morgan fingerprint density at radius 1 is 0.886 bits per heavy atom. The van der Waals surface area contributed by atoms with Crippen LogP contribution < -0.4 is 10.2 Å². The number of benzene rings is 3. The zero-order chi connectivity index (χ0) is 24.0. The molecule has 2 heterocycles. The summed E-state index contributed by atoms with van der Waals surface area (Å²) in [5.74, 6) is 0.409. The molecule has 6 heteroatoms. The number of alkyl carbamates (subject to hydrolysis) is 1. The Hall–Kier alpha value is -4.45. The molecule has 1 unspecified atom stereocenters. The lowest BCUT2D eigenvalue weighted by Gasteiger charge is -2.33. The molecule has 1 aromatic heterocycles. The van der Waals surface area contributed by atoms with Gasteiger partial charge < -0.3 is 10.1 Å².